The number of nitrogens with zero attached hydrogens (tertiary/aromatic N) is 3. The zero-order chi connectivity index (χ0) is 18.3. The van der Waals surface area contributed by atoms with Crippen LogP contribution in [0, 0.1) is 0 Å². The van der Waals surface area contributed by atoms with Crippen LogP contribution in [0.3, 0.4) is 0 Å². The first-order chi connectivity index (χ1) is 13.4. The molecule has 0 unspecified atom stereocenters. The minimum Gasteiger partial charge on any atom is -0.345 e. The van der Waals surface area contributed by atoms with Gasteiger partial charge in [0, 0.05) is 0 Å². The molecule has 0 saturated carbocycles. The number of nitrogens with one attached hydrogen (secondary N) is 3. The second kappa shape index (κ2) is 7.97. The first-order valence-electron chi connectivity index (χ1n) is 8.54. The van der Waals surface area contributed by atoms with Crippen LogP contribution in [0.2, 0.25) is 0 Å². The summed E-state index contributed by atoms with van der Waals surface area (Å²) in [5.41, 5.74) is 6.36. The van der Waals surface area contributed by atoms with E-state index in [1.807, 2.05) is 72.8 Å². The highest BCUT2D eigenvalue weighted by Gasteiger charge is 1.89. The molecule has 0 amide bonds. The number of H-pyrrole nitrogens is 3. The summed E-state index contributed by atoms with van der Waals surface area (Å²) in [7, 11) is 0. The van der Waals surface area contributed by atoms with Crippen molar-refractivity contribution in [2.75, 3.05) is 0 Å². The Bertz CT molecular complexity index is 1000. The molecule has 3 N–H and O–H groups in total. The summed E-state index contributed by atoms with van der Waals surface area (Å²) in [5.74, 6) is 0. The quantitative estimate of drug-likeness (QED) is 0.370. The molecule has 6 aromatic rings. The van der Waals surface area contributed by atoms with Crippen LogP contribution >= 0.6 is 0 Å². The first-order valence-corrected chi connectivity index (χ1v) is 8.54. The number of para-hydroxylation sites is 6. The monoisotopic (exact) mass is 354 g/mol. The van der Waals surface area contributed by atoms with Gasteiger partial charge in [-0.2, -0.15) is 0 Å². The molecule has 0 radical (unpaired) electrons. The lowest BCUT2D eigenvalue weighted by molar-refractivity contribution is 1.34. The summed E-state index contributed by atoms with van der Waals surface area (Å²) in [4.78, 5) is 21.2. The molecule has 3 aromatic heterocycles. The van der Waals surface area contributed by atoms with Crippen molar-refractivity contribution in [3.63, 3.8) is 0 Å². The molecule has 0 saturated heterocycles. The van der Waals surface area contributed by atoms with Gasteiger partial charge in [0.05, 0.1) is 52.1 Å². The molecule has 132 valence electrons. The third-order valence-electron chi connectivity index (χ3n) is 3.98. The van der Waals surface area contributed by atoms with Crippen LogP contribution in [-0.2, 0) is 0 Å². The minimum absolute atomic E-state index is 1.03. The Morgan fingerprint density at radius 2 is 0.704 bits per heavy atom. The summed E-state index contributed by atoms with van der Waals surface area (Å²) in [6.45, 7) is 0. The molecule has 27 heavy (non-hydrogen) atoms. The summed E-state index contributed by atoms with van der Waals surface area (Å²) in [6, 6.07) is 23.8. The van der Waals surface area contributed by atoms with Gasteiger partial charge < -0.3 is 15.0 Å². The molecule has 0 bridgehead atoms. The molecular formula is C21H18N6. The average molecular weight is 354 g/mol. The van der Waals surface area contributed by atoms with Crippen LogP contribution in [0.5, 0.6) is 0 Å². The molecule has 0 fully saturated rings. The second-order valence-electron chi connectivity index (χ2n) is 5.76. The number of aromatic amines is 3. The van der Waals surface area contributed by atoms with E-state index in [0.717, 1.165) is 33.1 Å². The van der Waals surface area contributed by atoms with Gasteiger partial charge in [-0.15, -0.1) is 0 Å². The van der Waals surface area contributed by atoms with E-state index in [4.69, 9.17) is 0 Å². The molecule has 0 aliphatic rings. The molecule has 0 aliphatic heterocycles. The highest BCUT2D eigenvalue weighted by molar-refractivity contribution is 5.74. The highest BCUT2D eigenvalue weighted by atomic mass is 14.9. The van der Waals surface area contributed by atoms with Gasteiger partial charge in [-0.05, 0) is 36.4 Å². The Kier molecular flexibility index (Phi) is 4.88. The minimum atomic E-state index is 1.03. The molecule has 6 heteroatoms. The van der Waals surface area contributed by atoms with Gasteiger partial charge >= 0.3 is 0 Å². The van der Waals surface area contributed by atoms with Crippen LogP contribution < -0.4 is 0 Å². The van der Waals surface area contributed by atoms with E-state index >= 15 is 0 Å². The number of rotatable bonds is 0. The van der Waals surface area contributed by atoms with Crippen molar-refractivity contribution < 1.29 is 0 Å². The lowest BCUT2D eigenvalue weighted by atomic mass is 10.3. The molecule has 3 heterocycles. The maximum absolute atomic E-state index is 4.06. The van der Waals surface area contributed by atoms with Gasteiger partial charge in [-0.25, -0.2) is 15.0 Å². The Morgan fingerprint density at radius 1 is 0.407 bits per heavy atom. The van der Waals surface area contributed by atoms with Crippen LogP contribution in [0.25, 0.3) is 33.1 Å². The van der Waals surface area contributed by atoms with Gasteiger partial charge in [0.1, 0.15) is 0 Å². The van der Waals surface area contributed by atoms with E-state index in [2.05, 4.69) is 29.9 Å². The van der Waals surface area contributed by atoms with E-state index in [1.54, 1.807) is 19.0 Å². The maximum Gasteiger partial charge on any atom is 0.0931 e. The van der Waals surface area contributed by atoms with E-state index < -0.39 is 0 Å². The van der Waals surface area contributed by atoms with Crippen molar-refractivity contribution in [3.8, 4) is 0 Å². The summed E-state index contributed by atoms with van der Waals surface area (Å²) in [5, 5.41) is 0. The third kappa shape index (κ3) is 4.01. The summed E-state index contributed by atoms with van der Waals surface area (Å²) >= 11 is 0. The van der Waals surface area contributed by atoms with Gasteiger partial charge in [0.25, 0.3) is 0 Å². The normalized spacial score (nSPS) is 10.2. The largest absolute Gasteiger partial charge is 0.345 e. The zero-order valence-electron chi connectivity index (χ0n) is 14.5. The van der Waals surface area contributed by atoms with E-state index in [-0.39, 0.29) is 0 Å². The van der Waals surface area contributed by atoms with Crippen LogP contribution in [0.15, 0.2) is 91.8 Å². The number of aromatic nitrogens is 6. The average Bonchev–Trinajstić information content (AvgIpc) is 3.48. The van der Waals surface area contributed by atoms with Crippen molar-refractivity contribution in [3.05, 3.63) is 91.8 Å². The van der Waals surface area contributed by atoms with Crippen molar-refractivity contribution in [2.45, 2.75) is 0 Å². The number of hydrogen-bond donors (Lipinski definition) is 3. The standard InChI is InChI=1S/3C7H6N2/c3*1-2-4-7-6(3-1)8-5-9-7/h3*1-5H,(H,8,9). The smallest absolute Gasteiger partial charge is 0.0931 e. The molecule has 6 rings (SSSR count). The maximum atomic E-state index is 4.06. The number of benzene rings is 3. The van der Waals surface area contributed by atoms with E-state index in [0.29, 0.717) is 0 Å². The van der Waals surface area contributed by atoms with Gasteiger partial charge in [0.2, 0.25) is 0 Å². The highest BCUT2D eigenvalue weighted by Crippen LogP contribution is 2.06. The third-order valence-corrected chi connectivity index (χ3v) is 3.98. The van der Waals surface area contributed by atoms with Crippen LogP contribution in [-0.4, -0.2) is 29.9 Å². The van der Waals surface area contributed by atoms with Crippen molar-refractivity contribution in [2.24, 2.45) is 0 Å². The predicted octanol–water partition coefficient (Wildman–Crippen LogP) is 4.69. The van der Waals surface area contributed by atoms with Gasteiger partial charge in [-0.1, -0.05) is 36.4 Å². The fourth-order valence-corrected chi connectivity index (χ4v) is 2.64. The van der Waals surface area contributed by atoms with Gasteiger partial charge in [0.15, 0.2) is 0 Å². The first kappa shape index (κ1) is 16.5. The van der Waals surface area contributed by atoms with E-state index in [1.165, 1.54) is 0 Å². The van der Waals surface area contributed by atoms with Crippen molar-refractivity contribution >= 4 is 33.1 Å². The molecule has 6 nitrogen and oxygen atoms in total. The zero-order valence-corrected chi connectivity index (χ0v) is 14.5. The SMILES string of the molecule is c1ccc2[nH]cnc2c1.c1ccc2[nH]cnc2c1.c1ccc2[nH]cnc2c1. The van der Waals surface area contributed by atoms with Gasteiger partial charge in [-0.3, -0.25) is 0 Å². The lowest BCUT2D eigenvalue weighted by Gasteiger charge is -1.81. The van der Waals surface area contributed by atoms with Crippen molar-refractivity contribution in [1.29, 1.82) is 0 Å². The second-order valence-corrected chi connectivity index (χ2v) is 5.76. The Morgan fingerprint density at radius 3 is 1.00 bits per heavy atom. The Labute approximate surface area is 155 Å². The predicted molar refractivity (Wildman–Crippen MR) is 108 cm³/mol. The molecule has 0 atom stereocenters. The number of imidazole rings is 3. The molecule has 0 aliphatic carbocycles. The number of hydrogen-bond acceptors (Lipinski definition) is 3. The topological polar surface area (TPSA) is 86.0 Å². The molecule has 3 aromatic carbocycles. The Hall–Kier alpha value is -3.93. The number of fused-ring (bicyclic) bond motifs is 3. The molecular weight excluding hydrogens is 336 g/mol. The van der Waals surface area contributed by atoms with Crippen LogP contribution in [0.4, 0.5) is 0 Å². The fourth-order valence-electron chi connectivity index (χ4n) is 2.64. The van der Waals surface area contributed by atoms with E-state index in [9.17, 15) is 0 Å². The van der Waals surface area contributed by atoms with Crippen molar-refractivity contribution in [1.82, 2.24) is 29.9 Å². The van der Waals surface area contributed by atoms with Crippen LogP contribution in [0.1, 0.15) is 0 Å². The Balaban J connectivity index is 0.0000001000. The lowest BCUT2D eigenvalue weighted by Crippen LogP contribution is -1.63. The summed E-state index contributed by atoms with van der Waals surface area (Å²) < 4.78 is 0. The summed E-state index contributed by atoms with van der Waals surface area (Å²) in [6.07, 6.45) is 5.10. The fraction of sp³-hybridized carbons (Fsp3) is 0. The molecule has 0 spiro atoms.